The highest BCUT2D eigenvalue weighted by molar-refractivity contribution is 7.48. The van der Waals surface area contributed by atoms with Crippen LogP contribution in [0.3, 0.4) is 0 Å². The Balaban J connectivity index is 1.59. The van der Waals surface area contributed by atoms with Crippen LogP contribution in [0.4, 0.5) is 0 Å². The second-order valence-electron chi connectivity index (χ2n) is 8.36. The number of phosphoric ester groups is 1. The molecule has 0 aliphatic carbocycles. The fourth-order valence-corrected chi connectivity index (χ4v) is 5.84. The Bertz CT molecular complexity index is 960. The molecule has 1 aromatic carbocycles. The number of carboxylic acid groups (broad SMARTS) is 1. The zero-order valence-electron chi connectivity index (χ0n) is 20.0. The van der Waals surface area contributed by atoms with Crippen molar-refractivity contribution in [3.8, 4) is 0 Å². The van der Waals surface area contributed by atoms with Crippen LogP contribution in [-0.4, -0.2) is 66.1 Å². The van der Waals surface area contributed by atoms with Crippen molar-refractivity contribution in [2.75, 3.05) is 26.4 Å². The summed E-state index contributed by atoms with van der Waals surface area (Å²) < 4.78 is 27.7. The van der Waals surface area contributed by atoms with Crippen molar-refractivity contribution in [1.29, 1.82) is 0 Å². The number of nitrogens with zero attached hydrogens (tertiary/aromatic N) is 1. The molecule has 2 unspecified atom stereocenters. The molecule has 2 heterocycles. The predicted octanol–water partition coefficient (Wildman–Crippen LogP) is 2.79. The van der Waals surface area contributed by atoms with Gasteiger partial charge in [0.05, 0.1) is 37.7 Å². The lowest BCUT2D eigenvalue weighted by Gasteiger charge is -2.31. The van der Waals surface area contributed by atoms with E-state index in [2.05, 4.69) is 5.32 Å². The van der Waals surface area contributed by atoms with E-state index in [-0.39, 0.29) is 32.1 Å². The fraction of sp³-hybridized carbons (Fsp3) is 0.542. The van der Waals surface area contributed by atoms with Crippen molar-refractivity contribution in [3.05, 3.63) is 48.0 Å². The molecule has 35 heavy (non-hydrogen) atoms. The van der Waals surface area contributed by atoms with Gasteiger partial charge in [0.2, 0.25) is 5.91 Å². The molecule has 1 fully saturated rings. The maximum Gasteiger partial charge on any atom is 0.474 e. The lowest BCUT2D eigenvalue weighted by molar-refractivity contribution is -0.148. The highest BCUT2D eigenvalue weighted by Crippen LogP contribution is 2.49. The highest BCUT2D eigenvalue weighted by Gasteiger charge is 2.58. The molecule has 0 aromatic heterocycles. The fourth-order valence-electron chi connectivity index (χ4n) is 4.64. The summed E-state index contributed by atoms with van der Waals surface area (Å²) in [7, 11) is -3.58. The predicted molar refractivity (Wildman–Crippen MR) is 127 cm³/mol. The van der Waals surface area contributed by atoms with Gasteiger partial charge in [0.25, 0.3) is 0 Å². The van der Waals surface area contributed by atoms with Crippen molar-refractivity contribution in [3.63, 3.8) is 0 Å². The summed E-state index contributed by atoms with van der Waals surface area (Å²) in [6, 6.07) is 8.07. The molecule has 192 valence electrons. The third kappa shape index (κ3) is 6.65. The van der Waals surface area contributed by atoms with E-state index in [1.165, 1.54) is 6.08 Å². The Hall–Kier alpha value is -2.36. The normalized spacial score (nSPS) is 24.0. The first-order valence-electron chi connectivity index (χ1n) is 11.9. The summed E-state index contributed by atoms with van der Waals surface area (Å²) in [6.07, 6.45) is 4.04. The van der Waals surface area contributed by atoms with E-state index in [4.69, 9.17) is 13.6 Å². The number of fused-ring (bicyclic) bond motifs is 2. The van der Waals surface area contributed by atoms with E-state index < -0.39 is 43.6 Å². The van der Waals surface area contributed by atoms with Gasteiger partial charge in [-0.3, -0.25) is 32.9 Å². The molecular weight excluding hydrogens is 475 g/mol. The first-order chi connectivity index (χ1) is 16.8. The molecule has 2 bridgehead atoms. The second kappa shape index (κ2) is 12.6. The molecule has 1 saturated heterocycles. The number of amides is 1. The Morgan fingerprint density at radius 1 is 1.06 bits per heavy atom. The molecule has 4 atom stereocenters. The van der Waals surface area contributed by atoms with Gasteiger partial charge >= 0.3 is 13.8 Å². The Labute approximate surface area is 205 Å². The number of rotatable bonds is 14. The third-order valence-corrected chi connectivity index (χ3v) is 7.72. The van der Waals surface area contributed by atoms with E-state index >= 15 is 0 Å². The summed E-state index contributed by atoms with van der Waals surface area (Å²) in [4.78, 5) is 39.7. The molecule has 2 N–H and O–H groups in total. The van der Waals surface area contributed by atoms with Crippen molar-refractivity contribution < 1.29 is 37.6 Å². The molecule has 0 saturated carbocycles. The van der Waals surface area contributed by atoms with Gasteiger partial charge in [0, 0.05) is 19.1 Å². The van der Waals surface area contributed by atoms with Gasteiger partial charge in [-0.25, -0.2) is 4.57 Å². The molecular formula is C24H33N2O8P. The maximum atomic E-state index is 13.1. The minimum Gasteiger partial charge on any atom is -0.481 e. The zero-order chi connectivity index (χ0) is 25.4. The zero-order valence-corrected chi connectivity index (χ0v) is 20.9. The van der Waals surface area contributed by atoms with E-state index in [9.17, 15) is 24.1 Å². The average Bonchev–Trinajstić information content (AvgIpc) is 3.05. The van der Waals surface area contributed by atoms with Crippen LogP contribution in [0.15, 0.2) is 42.5 Å². The Morgan fingerprint density at radius 3 is 2.37 bits per heavy atom. The van der Waals surface area contributed by atoms with Crippen LogP contribution in [-0.2, 0) is 39.1 Å². The van der Waals surface area contributed by atoms with Gasteiger partial charge in [0.1, 0.15) is 0 Å². The number of unbranched alkanes of at least 4 members (excludes halogenated alkanes) is 1. The van der Waals surface area contributed by atoms with E-state index in [1.54, 1.807) is 19.9 Å². The quantitative estimate of drug-likeness (QED) is 0.288. The summed E-state index contributed by atoms with van der Waals surface area (Å²) in [5.74, 6) is -3.90. The van der Waals surface area contributed by atoms with Gasteiger partial charge in [-0.2, -0.15) is 0 Å². The number of carboxylic acids is 1. The molecule has 0 radical (unpaired) electrons. The number of ketones is 1. The van der Waals surface area contributed by atoms with Crippen molar-refractivity contribution >= 4 is 25.5 Å². The molecule has 2 aliphatic heterocycles. The summed E-state index contributed by atoms with van der Waals surface area (Å²) in [6.45, 7) is 4.55. The first kappa shape index (κ1) is 27.2. The number of nitrogens with one attached hydrogen (secondary N) is 1. The second-order valence-corrected chi connectivity index (χ2v) is 10.0. The standard InChI is InChI=1S/C24H33N2O8P/c1-3-32-35(31,33-4-2)34-15-9-8-14-25-23(28)20-18-12-13-19(27)22(21(20)24(29)30)26(18)16-17-10-6-5-7-11-17/h5-7,10-13,18,20-22H,3-4,8-9,14-16H2,1-2H3,(H,25,28)(H,29,30)/t18-,20?,21?,22+/m1/s1. The summed E-state index contributed by atoms with van der Waals surface area (Å²) >= 11 is 0. The minimum atomic E-state index is -3.58. The highest BCUT2D eigenvalue weighted by atomic mass is 31.2. The Kier molecular flexibility index (Phi) is 9.77. The van der Waals surface area contributed by atoms with Crippen LogP contribution in [0.1, 0.15) is 32.3 Å². The van der Waals surface area contributed by atoms with Crippen molar-refractivity contribution in [2.45, 2.75) is 45.3 Å². The lowest BCUT2D eigenvalue weighted by atomic mass is 9.87. The van der Waals surface area contributed by atoms with Crippen LogP contribution >= 0.6 is 7.82 Å². The van der Waals surface area contributed by atoms with E-state index in [0.717, 1.165) is 5.56 Å². The maximum absolute atomic E-state index is 13.1. The van der Waals surface area contributed by atoms with Crippen molar-refractivity contribution in [2.24, 2.45) is 11.8 Å². The number of phosphoric acid groups is 1. The largest absolute Gasteiger partial charge is 0.481 e. The van der Waals surface area contributed by atoms with Gasteiger partial charge in [-0.05, 0) is 38.3 Å². The van der Waals surface area contributed by atoms with Crippen LogP contribution in [0, 0.1) is 11.8 Å². The molecule has 2 aliphatic rings. The number of benzene rings is 1. The number of carbonyl (C=O) groups is 3. The first-order valence-corrected chi connectivity index (χ1v) is 13.3. The van der Waals surface area contributed by atoms with Crippen LogP contribution in [0.2, 0.25) is 0 Å². The van der Waals surface area contributed by atoms with Gasteiger partial charge in [-0.15, -0.1) is 0 Å². The van der Waals surface area contributed by atoms with Crippen LogP contribution in [0.25, 0.3) is 0 Å². The summed E-state index contributed by atoms with van der Waals surface area (Å²) in [5, 5.41) is 12.7. The molecule has 1 amide bonds. The van der Waals surface area contributed by atoms with Gasteiger partial charge in [-0.1, -0.05) is 36.4 Å². The van der Waals surface area contributed by atoms with Crippen molar-refractivity contribution in [1.82, 2.24) is 10.2 Å². The number of aliphatic carboxylic acids is 1. The number of hydrogen-bond donors (Lipinski definition) is 2. The summed E-state index contributed by atoms with van der Waals surface area (Å²) in [5.41, 5.74) is 0.937. The monoisotopic (exact) mass is 508 g/mol. The number of carbonyl (C=O) groups excluding carboxylic acids is 2. The SMILES string of the molecule is CCOP(=O)(OCC)OCCCCNC(=O)C1C(C(=O)O)[C@@H]2C(=O)C=C[C@H]1N2Cc1ccccc1. The molecule has 11 heteroatoms. The van der Waals surface area contributed by atoms with E-state index in [0.29, 0.717) is 19.4 Å². The topological polar surface area (TPSA) is 131 Å². The van der Waals surface area contributed by atoms with Crippen LogP contribution < -0.4 is 5.32 Å². The average molecular weight is 509 g/mol. The molecule has 10 nitrogen and oxygen atoms in total. The minimum absolute atomic E-state index is 0.126. The van der Waals surface area contributed by atoms with Crippen LogP contribution in [0.5, 0.6) is 0 Å². The molecule has 1 aromatic rings. The third-order valence-electron chi connectivity index (χ3n) is 6.07. The number of hydrogen-bond acceptors (Lipinski definition) is 8. The van der Waals surface area contributed by atoms with Gasteiger partial charge in [0.15, 0.2) is 5.78 Å². The molecule has 3 rings (SSSR count). The lowest BCUT2D eigenvalue weighted by Crippen LogP contribution is -2.45. The Morgan fingerprint density at radius 2 is 1.74 bits per heavy atom. The van der Waals surface area contributed by atoms with E-state index in [1.807, 2.05) is 35.2 Å². The van der Waals surface area contributed by atoms with Gasteiger partial charge < -0.3 is 10.4 Å². The molecule has 0 spiro atoms. The smallest absolute Gasteiger partial charge is 0.474 e.